The number of nitrogens with zero attached hydrogens (tertiary/aromatic N) is 2. The molecule has 0 amide bonds. The molecule has 0 unspecified atom stereocenters. The maximum atomic E-state index is 5.41. The van der Waals surface area contributed by atoms with E-state index in [1.165, 1.54) is 0 Å². The van der Waals surface area contributed by atoms with Crippen molar-refractivity contribution in [3.05, 3.63) is 36.0 Å². The number of benzene rings is 1. The van der Waals surface area contributed by atoms with E-state index in [0.717, 1.165) is 29.1 Å². The van der Waals surface area contributed by atoms with Crippen LogP contribution in [0.1, 0.15) is 19.4 Å². The van der Waals surface area contributed by atoms with E-state index in [-0.39, 0.29) is 0 Å². The van der Waals surface area contributed by atoms with Crippen molar-refractivity contribution in [2.75, 3.05) is 7.11 Å². The molecule has 0 saturated carbocycles. The fourth-order valence-corrected chi connectivity index (χ4v) is 1.96. The first-order valence-electron chi connectivity index (χ1n) is 6.50. The Balaban J connectivity index is 2.29. The summed E-state index contributed by atoms with van der Waals surface area (Å²) < 4.78 is 7.22. The van der Waals surface area contributed by atoms with Gasteiger partial charge in [0.15, 0.2) is 0 Å². The third kappa shape index (κ3) is 3.35. The van der Waals surface area contributed by atoms with Gasteiger partial charge in [0, 0.05) is 37.0 Å². The van der Waals surface area contributed by atoms with Crippen LogP contribution in [0.25, 0.3) is 11.3 Å². The van der Waals surface area contributed by atoms with Crippen LogP contribution in [0, 0.1) is 0 Å². The Morgan fingerprint density at radius 1 is 1.32 bits per heavy atom. The second-order valence-electron chi connectivity index (χ2n) is 4.94. The molecular weight excluding hydrogens is 238 g/mol. The number of aryl methyl sites for hydroxylation is 1. The molecule has 1 N–H and O–H groups in total. The second-order valence-corrected chi connectivity index (χ2v) is 4.94. The molecule has 0 aliphatic heterocycles. The first-order valence-corrected chi connectivity index (χ1v) is 6.50. The van der Waals surface area contributed by atoms with Crippen molar-refractivity contribution >= 4 is 0 Å². The summed E-state index contributed by atoms with van der Waals surface area (Å²) in [5.41, 5.74) is 3.25. The smallest absolute Gasteiger partial charge is 0.123 e. The highest BCUT2D eigenvalue weighted by Crippen LogP contribution is 2.25. The van der Waals surface area contributed by atoms with Gasteiger partial charge in [-0.05, 0) is 24.3 Å². The van der Waals surface area contributed by atoms with Gasteiger partial charge in [0.1, 0.15) is 5.75 Å². The van der Waals surface area contributed by atoms with E-state index >= 15 is 0 Å². The quantitative estimate of drug-likeness (QED) is 0.897. The topological polar surface area (TPSA) is 39.1 Å². The average Bonchev–Trinajstić information content (AvgIpc) is 2.82. The van der Waals surface area contributed by atoms with E-state index < -0.39 is 0 Å². The predicted molar refractivity (Wildman–Crippen MR) is 77.2 cm³/mol. The zero-order valence-electron chi connectivity index (χ0n) is 12.0. The largest absolute Gasteiger partial charge is 0.496 e. The summed E-state index contributed by atoms with van der Waals surface area (Å²) in [5, 5.41) is 7.84. The van der Waals surface area contributed by atoms with Crippen LogP contribution < -0.4 is 10.1 Å². The molecule has 0 fully saturated rings. The summed E-state index contributed by atoms with van der Waals surface area (Å²) in [6.45, 7) is 5.06. The fraction of sp³-hybridized carbons (Fsp3) is 0.400. The molecule has 4 heteroatoms. The molecule has 19 heavy (non-hydrogen) atoms. The Bertz CT molecular complexity index is 546. The number of rotatable bonds is 5. The lowest BCUT2D eigenvalue weighted by Gasteiger charge is -2.13. The maximum Gasteiger partial charge on any atom is 0.123 e. The molecular formula is C15H21N3O. The highest BCUT2D eigenvalue weighted by molar-refractivity contribution is 5.61. The fourth-order valence-electron chi connectivity index (χ4n) is 1.96. The summed E-state index contributed by atoms with van der Waals surface area (Å²) in [7, 11) is 3.63. The first-order chi connectivity index (χ1) is 9.10. The van der Waals surface area contributed by atoms with Gasteiger partial charge in [-0.1, -0.05) is 13.8 Å². The molecule has 0 radical (unpaired) electrons. The molecule has 1 heterocycles. The molecule has 1 aromatic carbocycles. The molecule has 0 atom stereocenters. The highest BCUT2D eigenvalue weighted by Gasteiger charge is 2.08. The molecule has 0 spiro atoms. The van der Waals surface area contributed by atoms with Gasteiger partial charge in [0.05, 0.1) is 12.8 Å². The van der Waals surface area contributed by atoms with Crippen molar-refractivity contribution in [1.82, 2.24) is 15.1 Å². The van der Waals surface area contributed by atoms with E-state index in [2.05, 4.69) is 30.3 Å². The van der Waals surface area contributed by atoms with Crippen molar-refractivity contribution in [3.63, 3.8) is 0 Å². The van der Waals surface area contributed by atoms with E-state index in [4.69, 9.17) is 4.74 Å². The zero-order valence-corrected chi connectivity index (χ0v) is 12.0. The van der Waals surface area contributed by atoms with Crippen molar-refractivity contribution in [2.24, 2.45) is 7.05 Å². The minimum absolute atomic E-state index is 0.447. The van der Waals surface area contributed by atoms with Gasteiger partial charge in [-0.15, -0.1) is 0 Å². The molecule has 0 saturated heterocycles. The van der Waals surface area contributed by atoms with Crippen LogP contribution in [0.4, 0.5) is 0 Å². The summed E-state index contributed by atoms with van der Waals surface area (Å²) >= 11 is 0. The standard InChI is InChI=1S/C15H21N3O/c1-11(2)16-10-13-9-12(5-6-15(13)19-4)14-7-8-18(3)17-14/h5-9,11,16H,10H2,1-4H3. The third-order valence-corrected chi connectivity index (χ3v) is 2.99. The molecule has 0 bridgehead atoms. The molecule has 0 aliphatic rings. The summed E-state index contributed by atoms with van der Waals surface area (Å²) in [4.78, 5) is 0. The number of hydrogen-bond acceptors (Lipinski definition) is 3. The molecule has 102 valence electrons. The van der Waals surface area contributed by atoms with E-state index in [0.29, 0.717) is 6.04 Å². The summed E-state index contributed by atoms with van der Waals surface area (Å²) in [6, 6.07) is 8.64. The van der Waals surface area contributed by atoms with Gasteiger partial charge in [0.2, 0.25) is 0 Å². The number of hydrogen-bond donors (Lipinski definition) is 1. The van der Waals surface area contributed by atoms with Crippen LogP contribution in [-0.2, 0) is 13.6 Å². The van der Waals surface area contributed by atoms with Crippen molar-refractivity contribution in [1.29, 1.82) is 0 Å². The van der Waals surface area contributed by atoms with Crippen LogP contribution in [0.5, 0.6) is 5.75 Å². The average molecular weight is 259 g/mol. The second kappa shape index (κ2) is 5.89. The monoisotopic (exact) mass is 259 g/mol. The van der Waals surface area contributed by atoms with Crippen molar-refractivity contribution < 1.29 is 4.74 Å². The van der Waals surface area contributed by atoms with Crippen molar-refractivity contribution in [3.8, 4) is 17.0 Å². The summed E-state index contributed by atoms with van der Waals surface area (Å²) in [6.07, 6.45) is 1.95. The molecule has 1 aromatic heterocycles. The Morgan fingerprint density at radius 3 is 2.68 bits per heavy atom. The van der Waals surface area contributed by atoms with Gasteiger partial charge >= 0.3 is 0 Å². The normalized spacial score (nSPS) is 11.0. The van der Waals surface area contributed by atoms with Crippen LogP contribution in [-0.4, -0.2) is 22.9 Å². The van der Waals surface area contributed by atoms with E-state index in [1.54, 1.807) is 7.11 Å². The Labute approximate surface area is 114 Å². The number of methoxy groups -OCH3 is 1. The molecule has 0 aliphatic carbocycles. The highest BCUT2D eigenvalue weighted by atomic mass is 16.5. The van der Waals surface area contributed by atoms with Gasteiger partial charge in [-0.25, -0.2) is 0 Å². The lowest BCUT2D eigenvalue weighted by Crippen LogP contribution is -2.22. The predicted octanol–water partition coefficient (Wildman–Crippen LogP) is 2.59. The van der Waals surface area contributed by atoms with Crippen LogP contribution in [0.15, 0.2) is 30.5 Å². The van der Waals surface area contributed by atoms with Gasteiger partial charge in [-0.2, -0.15) is 5.10 Å². The van der Waals surface area contributed by atoms with Crippen molar-refractivity contribution in [2.45, 2.75) is 26.4 Å². The molecule has 2 rings (SSSR count). The SMILES string of the molecule is COc1ccc(-c2ccn(C)n2)cc1CNC(C)C. The van der Waals surface area contributed by atoms with E-state index in [1.807, 2.05) is 36.1 Å². The van der Waals surface area contributed by atoms with Gasteiger partial charge < -0.3 is 10.1 Å². The maximum absolute atomic E-state index is 5.41. The van der Waals surface area contributed by atoms with E-state index in [9.17, 15) is 0 Å². The molecule has 2 aromatic rings. The summed E-state index contributed by atoms with van der Waals surface area (Å²) in [5.74, 6) is 0.910. The minimum Gasteiger partial charge on any atom is -0.496 e. The Hall–Kier alpha value is -1.81. The zero-order chi connectivity index (χ0) is 13.8. The Morgan fingerprint density at radius 2 is 2.11 bits per heavy atom. The third-order valence-electron chi connectivity index (χ3n) is 2.99. The number of nitrogens with one attached hydrogen (secondary N) is 1. The van der Waals surface area contributed by atoms with Crippen LogP contribution >= 0.6 is 0 Å². The van der Waals surface area contributed by atoms with Gasteiger partial charge in [0.25, 0.3) is 0 Å². The lowest BCUT2D eigenvalue weighted by molar-refractivity contribution is 0.406. The van der Waals surface area contributed by atoms with Crippen LogP contribution in [0.2, 0.25) is 0 Å². The lowest BCUT2D eigenvalue weighted by atomic mass is 10.1. The van der Waals surface area contributed by atoms with Crippen LogP contribution in [0.3, 0.4) is 0 Å². The number of aromatic nitrogens is 2. The molecule has 4 nitrogen and oxygen atoms in total. The first kappa shape index (κ1) is 13.6. The Kier molecular flexibility index (Phi) is 4.22. The van der Waals surface area contributed by atoms with Gasteiger partial charge in [-0.3, -0.25) is 4.68 Å². The number of ether oxygens (including phenoxy) is 1. The minimum atomic E-state index is 0.447.